The molecule has 4 rings (SSSR count). The molecule has 166 valence electrons. The predicted octanol–water partition coefficient (Wildman–Crippen LogP) is 4.30. The summed E-state index contributed by atoms with van der Waals surface area (Å²) in [5.74, 6) is 0.0478. The number of nitrogens with two attached hydrogens (primary N) is 1. The largest absolute Gasteiger partial charge is 0.351 e. The first-order chi connectivity index (χ1) is 15.7. The number of hydrogen-bond donors (Lipinski definition) is 2. The maximum Gasteiger partial charge on any atom is 0.286 e. The molecule has 2 aromatic carbocycles. The van der Waals surface area contributed by atoms with E-state index in [2.05, 4.69) is 71.9 Å². The van der Waals surface area contributed by atoms with Crippen molar-refractivity contribution >= 4 is 40.3 Å². The lowest BCUT2D eigenvalue weighted by molar-refractivity contribution is -0.658. The summed E-state index contributed by atoms with van der Waals surface area (Å²) >= 11 is 1.79. The Labute approximate surface area is 194 Å². The van der Waals surface area contributed by atoms with Crippen molar-refractivity contribution in [2.45, 2.75) is 37.1 Å². The van der Waals surface area contributed by atoms with Gasteiger partial charge in [0, 0.05) is 30.6 Å². The molecule has 0 bridgehead atoms. The van der Waals surface area contributed by atoms with Gasteiger partial charge in [0.05, 0.1) is 16.1 Å². The number of hydrogen-bond acceptors (Lipinski definition) is 4. The highest BCUT2D eigenvalue weighted by Crippen LogP contribution is 2.45. The summed E-state index contributed by atoms with van der Waals surface area (Å²) in [6.45, 7) is 1.78. The van der Waals surface area contributed by atoms with Gasteiger partial charge in [0.25, 0.3) is 5.91 Å². The van der Waals surface area contributed by atoms with Crippen molar-refractivity contribution < 1.29 is 9.36 Å². The van der Waals surface area contributed by atoms with Crippen molar-refractivity contribution in [3.63, 3.8) is 0 Å². The number of rotatable bonds is 9. The number of para-hydroxylation sites is 2. The van der Waals surface area contributed by atoms with Crippen LogP contribution >= 0.6 is 11.8 Å². The molecule has 0 unspecified atom stereocenters. The number of benzene rings is 2. The maximum atomic E-state index is 12.5. The van der Waals surface area contributed by atoms with Gasteiger partial charge in [0.15, 0.2) is 6.20 Å². The Hall–Kier alpha value is -2.83. The van der Waals surface area contributed by atoms with E-state index in [9.17, 15) is 4.79 Å². The minimum atomic E-state index is 0.0478. The number of nitrogens with one attached hydrogen (secondary N) is 1. The third-order valence-corrected chi connectivity index (χ3v) is 6.94. The molecule has 0 radical (unpaired) electrons. The van der Waals surface area contributed by atoms with Gasteiger partial charge in [-0.05, 0) is 49.2 Å². The Morgan fingerprint density at radius 1 is 1.06 bits per heavy atom. The molecule has 0 atom stereocenters. The zero-order valence-corrected chi connectivity index (χ0v) is 19.4. The summed E-state index contributed by atoms with van der Waals surface area (Å²) in [6, 6.07) is 18.8. The summed E-state index contributed by atoms with van der Waals surface area (Å²) < 4.78 is 2.03. The molecule has 32 heavy (non-hydrogen) atoms. The Morgan fingerprint density at radius 3 is 2.69 bits per heavy atom. The van der Waals surface area contributed by atoms with Crippen LogP contribution in [0.4, 0.5) is 5.69 Å². The van der Waals surface area contributed by atoms with Crippen LogP contribution < -0.4 is 20.5 Å². The molecule has 3 aromatic rings. The molecule has 1 aromatic heterocycles. The van der Waals surface area contributed by atoms with E-state index in [0.29, 0.717) is 6.54 Å². The summed E-state index contributed by atoms with van der Waals surface area (Å²) in [7, 11) is 2.11. The molecule has 6 heteroatoms. The fraction of sp³-hybridized carbons (Fsp3) is 0.308. The maximum absolute atomic E-state index is 12.5. The fourth-order valence-corrected chi connectivity index (χ4v) is 5.12. The van der Waals surface area contributed by atoms with Crippen LogP contribution in [0.1, 0.15) is 31.2 Å². The number of nitrogens with zero attached hydrogens (tertiary/aromatic N) is 2. The number of pyridine rings is 1. The number of carbonyl (C=O) groups excluding carboxylic acids is 1. The first-order valence-corrected chi connectivity index (χ1v) is 12.1. The molecule has 0 spiro atoms. The minimum absolute atomic E-state index is 0.0478. The first kappa shape index (κ1) is 22.4. The van der Waals surface area contributed by atoms with Crippen molar-refractivity contribution in [2.24, 2.45) is 5.73 Å². The Bertz CT molecular complexity index is 1130. The summed E-state index contributed by atoms with van der Waals surface area (Å²) in [6.07, 6.45) is 8.53. The van der Waals surface area contributed by atoms with Crippen molar-refractivity contribution in [2.75, 3.05) is 25.0 Å². The fourth-order valence-electron chi connectivity index (χ4n) is 4.01. The lowest BCUT2D eigenvalue weighted by Crippen LogP contribution is -2.43. The first-order valence-electron chi connectivity index (χ1n) is 11.3. The Kier molecular flexibility index (Phi) is 7.45. The molecule has 0 saturated heterocycles. The molecular formula is C26H31N4OS+. The predicted molar refractivity (Wildman–Crippen MR) is 133 cm³/mol. The lowest BCUT2D eigenvalue weighted by atomic mass is 10.1. The van der Waals surface area contributed by atoms with E-state index in [1.165, 1.54) is 15.6 Å². The lowest BCUT2D eigenvalue weighted by Gasteiger charge is -2.13. The van der Waals surface area contributed by atoms with Crippen molar-refractivity contribution in [3.8, 4) is 0 Å². The zero-order chi connectivity index (χ0) is 22.3. The van der Waals surface area contributed by atoms with Crippen molar-refractivity contribution in [3.05, 3.63) is 71.4 Å². The SMILES string of the molecule is CN1/C(=C/c2cc[n+](CC(=O)NCCCCCCN)c3ccccc23)Sc2ccccc21. The Morgan fingerprint density at radius 2 is 1.84 bits per heavy atom. The number of aromatic nitrogens is 1. The number of unbranched alkanes of at least 4 members (excludes halogenated alkanes) is 3. The van der Waals surface area contributed by atoms with Crippen molar-refractivity contribution in [1.29, 1.82) is 0 Å². The van der Waals surface area contributed by atoms with E-state index < -0.39 is 0 Å². The second kappa shape index (κ2) is 10.7. The highest BCUT2D eigenvalue weighted by molar-refractivity contribution is 8.03. The van der Waals surface area contributed by atoms with E-state index in [0.717, 1.165) is 55.2 Å². The van der Waals surface area contributed by atoms with Gasteiger partial charge < -0.3 is 16.0 Å². The molecule has 0 aliphatic carbocycles. The van der Waals surface area contributed by atoms with Gasteiger partial charge in [-0.25, -0.2) is 0 Å². The van der Waals surface area contributed by atoms with Crippen LogP contribution in [0.5, 0.6) is 0 Å². The van der Waals surface area contributed by atoms with Crippen LogP contribution in [-0.4, -0.2) is 26.0 Å². The molecule has 1 amide bonds. The van der Waals surface area contributed by atoms with E-state index in [1.54, 1.807) is 11.8 Å². The number of fused-ring (bicyclic) bond motifs is 2. The molecule has 5 nitrogen and oxygen atoms in total. The summed E-state index contributed by atoms with van der Waals surface area (Å²) in [5, 5.41) is 5.39. The molecule has 1 aliphatic heterocycles. The van der Waals surface area contributed by atoms with Gasteiger partial charge in [-0.15, -0.1) is 0 Å². The van der Waals surface area contributed by atoms with Gasteiger partial charge in [-0.3, -0.25) is 4.79 Å². The van der Waals surface area contributed by atoms with Crippen LogP contribution in [0, 0.1) is 0 Å². The minimum Gasteiger partial charge on any atom is -0.351 e. The van der Waals surface area contributed by atoms with Gasteiger partial charge >= 0.3 is 0 Å². The van der Waals surface area contributed by atoms with Crippen LogP contribution in [-0.2, 0) is 11.3 Å². The third kappa shape index (κ3) is 5.14. The number of amides is 1. The molecule has 3 N–H and O–H groups in total. The van der Waals surface area contributed by atoms with Gasteiger partial charge in [0.1, 0.15) is 0 Å². The van der Waals surface area contributed by atoms with Gasteiger partial charge in [-0.1, -0.05) is 48.9 Å². The second-order valence-electron chi connectivity index (χ2n) is 8.08. The molecule has 0 fully saturated rings. The highest BCUT2D eigenvalue weighted by Gasteiger charge is 2.22. The molecular weight excluding hydrogens is 416 g/mol. The topological polar surface area (TPSA) is 62.2 Å². The summed E-state index contributed by atoms with van der Waals surface area (Å²) in [4.78, 5) is 16.0. The molecule has 1 aliphatic rings. The van der Waals surface area contributed by atoms with Crippen LogP contribution in [0.2, 0.25) is 0 Å². The average Bonchev–Trinajstić information content (AvgIpc) is 3.13. The average molecular weight is 448 g/mol. The van der Waals surface area contributed by atoms with Crippen LogP contribution in [0.3, 0.4) is 0 Å². The monoisotopic (exact) mass is 447 g/mol. The summed E-state index contributed by atoms with van der Waals surface area (Å²) in [5.41, 5.74) is 8.97. The smallest absolute Gasteiger partial charge is 0.286 e. The van der Waals surface area contributed by atoms with E-state index in [-0.39, 0.29) is 5.91 Å². The van der Waals surface area contributed by atoms with E-state index in [4.69, 9.17) is 5.73 Å². The van der Waals surface area contributed by atoms with Crippen molar-refractivity contribution in [1.82, 2.24) is 5.32 Å². The van der Waals surface area contributed by atoms with Gasteiger partial charge in [0.2, 0.25) is 12.1 Å². The molecule has 0 saturated carbocycles. The number of anilines is 1. The highest BCUT2D eigenvalue weighted by atomic mass is 32.2. The standard InChI is InChI=1S/C26H30N4OS/c1-29-23-12-6-7-13-24(23)32-26(29)18-20-14-17-30(22-11-5-4-10-21(20)22)19-25(31)28-16-9-3-2-8-15-27/h4-7,10-14,17-18H,2-3,8-9,15-16,19,27H2,1H3/p+1. The zero-order valence-electron chi connectivity index (χ0n) is 18.6. The van der Waals surface area contributed by atoms with Gasteiger partial charge in [-0.2, -0.15) is 4.57 Å². The van der Waals surface area contributed by atoms with E-state index >= 15 is 0 Å². The van der Waals surface area contributed by atoms with E-state index in [1.807, 2.05) is 16.8 Å². The second-order valence-corrected chi connectivity index (χ2v) is 9.14. The van der Waals surface area contributed by atoms with Crippen LogP contribution in [0.15, 0.2) is 70.7 Å². The number of carbonyl (C=O) groups is 1. The normalized spacial score (nSPS) is 14.2. The quantitative estimate of drug-likeness (QED) is 0.379. The number of thioether (sulfide) groups is 1. The Balaban J connectivity index is 1.48. The molecule has 2 heterocycles. The van der Waals surface area contributed by atoms with Crippen LogP contribution in [0.25, 0.3) is 17.0 Å². The third-order valence-electron chi connectivity index (χ3n) is 5.78.